The highest BCUT2D eigenvalue weighted by atomic mass is 32.1. The van der Waals surface area contributed by atoms with E-state index < -0.39 is 12.2 Å². The molecule has 0 aromatic carbocycles. The summed E-state index contributed by atoms with van der Waals surface area (Å²) in [6, 6.07) is 3.89. The first-order valence-corrected chi connectivity index (χ1v) is 8.21. The van der Waals surface area contributed by atoms with Crippen LogP contribution in [0.4, 0.5) is 0 Å². The van der Waals surface area contributed by atoms with E-state index in [1.54, 1.807) is 11.3 Å². The van der Waals surface area contributed by atoms with Crippen LogP contribution in [-0.2, 0) is 0 Å². The summed E-state index contributed by atoms with van der Waals surface area (Å²) in [5.41, 5.74) is 1.64. The van der Waals surface area contributed by atoms with Crippen LogP contribution in [0.3, 0.4) is 0 Å². The second-order valence-corrected chi connectivity index (χ2v) is 7.17. The van der Waals surface area contributed by atoms with E-state index in [2.05, 4.69) is 4.98 Å². The minimum Gasteiger partial charge on any atom is -0.390 e. The smallest absolute Gasteiger partial charge is 0.270 e. The molecule has 1 aliphatic carbocycles. The lowest BCUT2D eigenvalue weighted by Crippen LogP contribution is -2.38. The predicted octanol–water partition coefficient (Wildman–Crippen LogP) is 1.43. The van der Waals surface area contributed by atoms with E-state index in [1.165, 1.54) is 0 Å². The van der Waals surface area contributed by atoms with E-state index in [0.29, 0.717) is 43.5 Å². The van der Waals surface area contributed by atoms with E-state index in [1.807, 2.05) is 22.4 Å². The van der Waals surface area contributed by atoms with Crippen LogP contribution in [0.2, 0.25) is 0 Å². The first-order valence-electron chi connectivity index (χ1n) is 7.33. The summed E-state index contributed by atoms with van der Waals surface area (Å²) in [6.07, 6.45) is -0.0977. The zero-order chi connectivity index (χ0) is 14.6. The quantitative estimate of drug-likeness (QED) is 0.746. The molecule has 112 valence electrons. The van der Waals surface area contributed by atoms with Crippen LogP contribution in [0.15, 0.2) is 17.5 Å². The molecule has 21 heavy (non-hydrogen) atoms. The lowest BCUT2D eigenvalue weighted by atomic mass is 9.79. The lowest BCUT2D eigenvalue weighted by molar-refractivity contribution is -0.0372. The Balaban J connectivity index is 1.52. The van der Waals surface area contributed by atoms with Crippen molar-refractivity contribution in [2.75, 3.05) is 13.1 Å². The van der Waals surface area contributed by atoms with Gasteiger partial charge in [0, 0.05) is 13.1 Å². The van der Waals surface area contributed by atoms with Crippen LogP contribution in [0.5, 0.6) is 0 Å². The normalized spacial score (nSPS) is 32.6. The van der Waals surface area contributed by atoms with Crippen molar-refractivity contribution in [3.05, 3.63) is 23.2 Å². The molecule has 2 fully saturated rings. The standard InChI is InChI=1S/C15H18N2O3S/c18-12-3-8-6-17(7-9(8)4-13(12)19)15(20)11-5-14-10(16-11)1-2-21-14/h1-2,5,8-9,12-13,16,18-19H,3-4,6-7H2/t8-,9+,12-,13-/m0/s1. The summed E-state index contributed by atoms with van der Waals surface area (Å²) in [4.78, 5) is 17.6. The van der Waals surface area contributed by atoms with E-state index in [4.69, 9.17) is 0 Å². The van der Waals surface area contributed by atoms with Crippen LogP contribution in [0.25, 0.3) is 10.2 Å². The highest BCUT2D eigenvalue weighted by Gasteiger charge is 2.42. The average Bonchev–Trinajstić information content (AvgIpc) is 3.11. The molecule has 1 aliphatic heterocycles. The number of aromatic amines is 1. The number of rotatable bonds is 1. The molecule has 0 radical (unpaired) electrons. The number of hydrogen-bond donors (Lipinski definition) is 3. The van der Waals surface area contributed by atoms with Gasteiger partial charge in [-0.25, -0.2) is 0 Å². The number of aromatic nitrogens is 1. The van der Waals surface area contributed by atoms with Gasteiger partial charge in [-0.1, -0.05) is 0 Å². The number of likely N-dealkylation sites (tertiary alicyclic amines) is 1. The Labute approximate surface area is 126 Å². The number of carbonyl (C=O) groups is 1. The first-order chi connectivity index (χ1) is 10.1. The second-order valence-electron chi connectivity index (χ2n) is 6.22. The van der Waals surface area contributed by atoms with Crippen LogP contribution in [0, 0.1) is 11.8 Å². The van der Waals surface area contributed by atoms with Crippen LogP contribution >= 0.6 is 11.3 Å². The van der Waals surface area contributed by atoms with Gasteiger partial charge in [-0.2, -0.15) is 0 Å². The summed E-state index contributed by atoms with van der Waals surface area (Å²) in [5.74, 6) is 0.642. The number of nitrogens with zero attached hydrogens (tertiary/aromatic N) is 1. The van der Waals surface area contributed by atoms with Crippen molar-refractivity contribution < 1.29 is 15.0 Å². The molecule has 1 saturated heterocycles. The third-order valence-electron chi connectivity index (χ3n) is 4.87. The van der Waals surface area contributed by atoms with Crippen molar-refractivity contribution in [1.82, 2.24) is 9.88 Å². The van der Waals surface area contributed by atoms with Gasteiger partial charge in [-0.05, 0) is 42.2 Å². The molecule has 1 saturated carbocycles. The van der Waals surface area contributed by atoms with Gasteiger partial charge < -0.3 is 20.1 Å². The Morgan fingerprint density at radius 2 is 1.90 bits per heavy atom. The number of H-pyrrole nitrogens is 1. The lowest BCUT2D eigenvalue weighted by Gasteiger charge is -2.31. The number of thiophene rings is 1. The fourth-order valence-corrected chi connectivity index (χ4v) is 4.49. The van der Waals surface area contributed by atoms with E-state index >= 15 is 0 Å². The largest absolute Gasteiger partial charge is 0.390 e. The number of hydrogen-bond acceptors (Lipinski definition) is 4. The Morgan fingerprint density at radius 1 is 1.24 bits per heavy atom. The van der Waals surface area contributed by atoms with Crippen LogP contribution < -0.4 is 0 Å². The van der Waals surface area contributed by atoms with Crippen LogP contribution in [0.1, 0.15) is 23.3 Å². The molecular weight excluding hydrogens is 288 g/mol. The number of carbonyl (C=O) groups excluding carboxylic acids is 1. The van der Waals surface area contributed by atoms with Gasteiger partial charge in [0.1, 0.15) is 5.69 Å². The van der Waals surface area contributed by atoms with Crippen molar-refractivity contribution >= 4 is 27.5 Å². The maximum absolute atomic E-state index is 12.6. The summed E-state index contributed by atoms with van der Waals surface area (Å²) in [5, 5.41) is 21.6. The number of amides is 1. The average molecular weight is 306 g/mol. The van der Waals surface area contributed by atoms with Gasteiger partial charge in [0.05, 0.1) is 22.4 Å². The van der Waals surface area contributed by atoms with Crippen molar-refractivity contribution in [1.29, 1.82) is 0 Å². The monoisotopic (exact) mass is 306 g/mol. The zero-order valence-electron chi connectivity index (χ0n) is 11.5. The Bertz CT molecular complexity index is 633. The highest BCUT2D eigenvalue weighted by molar-refractivity contribution is 7.17. The van der Waals surface area contributed by atoms with Gasteiger partial charge in [-0.15, -0.1) is 11.3 Å². The highest BCUT2D eigenvalue weighted by Crippen LogP contribution is 2.37. The molecule has 4 rings (SSSR count). The molecule has 2 aliphatic rings. The summed E-state index contributed by atoms with van der Waals surface area (Å²) < 4.78 is 1.10. The summed E-state index contributed by atoms with van der Waals surface area (Å²) in [7, 11) is 0. The molecular formula is C15H18N2O3S. The minimum absolute atomic E-state index is 0.0248. The molecule has 3 N–H and O–H groups in total. The topological polar surface area (TPSA) is 76.6 Å². The van der Waals surface area contributed by atoms with E-state index in [-0.39, 0.29) is 5.91 Å². The maximum atomic E-state index is 12.6. The molecule has 5 nitrogen and oxygen atoms in total. The van der Waals surface area contributed by atoms with Gasteiger partial charge in [0.2, 0.25) is 0 Å². The molecule has 2 aromatic rings. The molecule has 4 atom stereocenters. The zero-order valence-corrected chi connectivity index (χ0v) is 12.3. The summed E-state index contributed by atoms with van der Waals surface area (Å²) in [6.45, 7) is 1.36. The SMILES string of the molecule is O=C(c1cc2sccc2[nH]1)N1C[C@H]2C[C@H](O)[C@@H](O)C[C@H]2C1. The van der Waals surface area contributed by atoms with E-state index in [9.17, 15) is 15.0 Å². The van der Waals surface area contributed by atoms with Crippen LogP contribution in [-0.4, -0.2) is 51.3 Å². The van der Waals surface area contributed by atoms with Gasteiger partial charge in [0.25, 0.3) is 5.91 Å². The number of aliphatic hydroxyl groups is 2. The molecule has 3 heterocycles. The van der Waals surface area contributed by atoms with Crippen molar-refractivity contribution in [2.24, 2.45) is 11.8 Å². The van der Waals surface area contributed by atoms with Crippen molar-refractivity contribution in [3.63, 3.8) is 0 Å². The van der Waals surface area contributed by atoms with Crippen molar-refractivity contribution in [3.8, 4) is 0 Å². The van der Waals surface area contributed by atoms with Gasteiger partial charge >= 0.3 is 0 Å². The fraction of sp³-hybridized carbons (Fsp3) is 0.533. The Hall–Kier alpha value is -1.37. The van der Waals surface area contributed by atoms with Gasteiger partial charge in [0.15, 0.2) is 0 Å². The molecule has 0 spiro atoms. The van der Waals surface area contributed by atoms with Crippen molar-refractivity contribution in [2.45, 2.75) is 25.0 Å². The summed E-state index contributed by atoms with van der Waals surface area (Å²) >= 11 is 1.62. The molecule has 1 amide bonds. The Kier molecular flexibility index (Phi) is 3.06. The second kappa shape index (κ2) is 4.83. The predicted molar refractivity (Wildman–Crippen MR) is 80.3 cm³/mol. The number of aliphatic hydroxyl groups excluding tert-OH is 2. The minimum atomic E-state index is -0.642. The number of nitrogens with one attached hydrogen (secondary N) is 1. The van der Waals surface area contributed by atoms with Gasteiger partial charge in [-0.3, -0.25) is 4.79 Å². The molecule has 0 bridgehead atoms. The first kappa shape index (κ1) is 13.3. The Morgan fingerprint density at radius 3 is 2.52 bits per heavy atom. The van der Waals surface area contributed by atoms with E-state index in [0.717, 1.165) is 10.2 Å². The molecule has 6 heteroatoms. The third-order valence-corrected chi connectivity index (χ3v) is 5.73. The fourth-order valence-electron chi connectivity index (χ4n) is 3.71. The maximum Gasteiger partial charge on any atom is 0.270 e. The number of fused-ring (bicyclic) bond motifs is 2. The third kappa shape index (κ3) is 2.18. The molecule has 0 unspecified atom stereocenters. The molecule has 2 aromatic heterocycles.